The zero-order valence-electron chi connectivity index (χ0n) is 16.1. The van der Waals surface area contributed by atoms with Crippen molar-refractivity contribution in [1.82, 2.24) is 19.6 Å². The van der Waals surface area contributed by atoms with Crippen LogP contribution in [0.15, 0.2) is 73.1 Å². The molecule has 5 aromatic rings. The monoisotopic (exact) mass is 400 g/mol. The Morgan fingerprint density at radius 3 is 2.80 bits per heavy atom. The van der Waals surface area contributed by atoms with Gasteiger partial charge >= 0.3 is 0 Å². The highest BCUT2D eigenvalue weighted by molar-refractivity contribution is 5.85. The number of halogens is 1. The molecule has 7 heteroatoms. The van der Waals surface area contributed by atoms with Crippen LogP contribution in [-0.4, -0.2) is 26.7 Å². The molecule has 0 aliphatic carbocycles. The van der Waals surface area contributed by atoms with E-state index in [2.05, 4.69) is 15.1 Å². The number of fused-ring (bicyclic) bond motifs is 2. The van der Waals surface area contributed by atoms with Crippen LogP contribution in [-0.2, 0) is 6.61 Å². The van der Waals surface area contributed by atoms with Gasteiger partial charge in [-0.2, -0.15) is 5.10 Å². The highest BCUT2D eigenvalue weighted by Gasteiger charge is 2.10. The number of aromatic nitrogens is 4. The van der Waals surface area contributed by atoms with E-state index in [1.807, 2.05) is 42.5 Å². The van der Waals surface area contributed by atoms with Gasteiger partial charge in [0.05, 0.1) is 24.5 Å². The van der Waals surface area contributed by atoms with E-state index in [-0.39, 0.29) is 12.4 Å². The second-order valence-electron chi connectivity index (χ2n) is 6.73. The summed E-state index contributed by atoms with van der Waals surface area (Å²) < 4.78 is 26.6. The number of hydrogen-bond acceptors (Lipinski definition) is 5. The molecule has 0 aliphatic rings. The van der Waals surface area contributed by atoms with Gasteiger partial charge in [-0.25, -0.2) is 13.9 Å². The van der Waals surface area contributed by atoms with Gasteiger partial charge in [-0.1, -0.05) is 12.1 Å². The standard InChI is InChI=1S/C23H17FN4O2/c1-29-18-5-6-19-21(12-18)25-10-9-22(19)30-14-17-13-26-23-8-7-20(27-28(17)23)15-3-2-4-16(24)11-15/h2-13H,14H2,1H3. The molecule has 6 nitrogen and oxygen atoms in total. The van der Waals surface area contributed by atoms with E-state index >= 15 is 0 Å². The number of nitrogens with zero attached hydrogens (tertiary/aromatic N) is 4. The second kappa shape index (κ2) is 7.44. The Labute approximate surface area is 171 Å². The summed E-state index contributed by atoms with van der Waals surface area (Å²) in [4.78, 5) is 8.76. The summed E-state index contributed by atoms with van der Waals surface area (Å²) in [6.45, 7) is 0.270. The van der Waals surface area contributed by atoms with Crippen molar-refractivity contribution in [1.29, 1.82) is 0 Å². The van der Waals surface area contributed by atoms with Crippen molar-refractivity contribution in [3.05, 3.63) is 84.6 Å². The van der Waals surface area contributed by atoms with Gasteiger partial charge in [0.15, 0.2) is 5.65 Å². The first-order valence-corrected chi connectivity index (χ1v) is 9.36. The van der Waals surface area contributed by atoms with Gasteiger partial charge in [0, 0.05) is 23.2 Å². The molecule has 0 saturated carbocycles. The summed E-state index contributed by atoms with van der Waals surface area (Å²) in [5.74, 6) is 1.15. The maximum atomic E-state index is 13.6. The van der Waals surface area contributed by atoms with Crippen LogP contribution < -0.4 is 9.47 Å². The molecule has 0 amide bonds. The molecule has 3 aromatic heterocycles. The molecular formula is C23H17FN4O2. The van der Waals surface area contributed by atoms with E-state index in [0.717, 1.165) is 22.3 Å². The number of methoxy groups -OCH3 is 1. The molecule has 5 rings (SSSR count). The van der Waals surface area contributed by atoms with E-state index < -0.39 is 0 Å². The van der Waals surface area contributed by atoms with Crippen molar-refractivity contribution in [2.24, 2.45) is 0 Å². The van der Waals surface area contributed by atoms with E-state index in [1.165, 1.54) is 12.1 Å². The Balaban J connectivity index is 1.46. The average Bonchev–Trinajstić information content (AvgIpc) is 3.19. The van der Waals surface area contributed by atoms with Crippen molar-refractivity contribution >= 4 is 16.6 Å². The molecule has 0 saturated heterocycles. The fourth-order valence-electron chi connectivity index (χ4n) is 3.33. The van der Waals surface area contributed by atoms with Gasteiger partial charge in [0.25, 0.3) is 0 Å². The lowest BCUT2D eigenvalue weighted by Gasteiger charge is -2.10. The lowest BCUT2D eigenvalue weighted by Crippen LogP contribution is -2.03. The van der Waals surface area contributed by atoms with Gasteiger partial charge < -0.3 is 9.47 Å². The Kier molecular flexibility index (Phi) is 4.48. The second-order valence-corrected chi connectivity index (χ2v) is 6.73. The zero-order chi connectivity index (χ0) is 20.5. The topological polar surface area (TPSA) is 61.5 Å². The van der Waals surface area contributed by atoms with E-state index in [1.54, 1.807) is 30.1 Å². The van der Waals surface area contributed by atoms with E-state index in [0.29, 0.717) is 22.7 Å². The van der Waals surface area contributed by atoms with E-state index in [9.17, 15) is 4.39 Å². The number of hydrogen-bond donors (Lipinski definition) is 0. The largest absolute Gasteiger partial charge is 0.497 e. The third-order valence-electron chi connectivity index (χ3n) is 4.84. The van der Waals surface area contributed by atoms with Crippen LogP contribution in [0.2, 0.25) is 0 Å². The first-order valence-electron chi connectivity index (χ1n) is 9.36. The number of pyridine rings is 1. The Morgan fingerprint density at radius 2 is 1.93 bits per heavy atom. The molecule has 0 unspecified atom stereocenters. The van der Waals surface area contributed by atoms with Gasteiger partial charge in [-0.05, 0) is 42.5 Å². The van der Waals surface area contributed by atoms with Gasteiger partial charge in [-0.15, -0.1) is 0 Å². The minimum atomic E-state index is -0.301. The SMILES string of the molecule is COc1ccc2c(OCc3cnc4ccc(-c5cccc(F)c5)nn34)ccnc2c1. The number of ether oxygens (including phenoxy) is 2. The molecule has 0 aliphatic heterocycles. The smallest absolute Gasteiger partial charge is 0.153 e. The molecule has 3 heterocycles. The number of benzene rings is 2. The van der Waals surface area contributed by atoms with Crippen molar-refractivity contribution in [2.45, 2.75) is 6.61 Å². The first-order chi connectivity index (χ1) is 14.7. The van der Waals surface area contributed by atoms with Gasteiger partial charge in [0.1, 0.15) is 29.6 Å². The zero-order valence-corrected chi connectivity index (χ0v) is 16.1. The van der Waals surface area contributed by atoms with Crippen LogP contribution in [0.3, 0.4) is 0 Å². The molecule has 0 N–H and O–H groups in total. The first kappa shape index (κ1) is 18.1. The fourth-order valence-corrected chi connectivity index (χ4v) is 3.33. The quantitative estimate of drug-likeness (QED) is 0.429. The summed E-state index contributed by atoms with van der Waals surface area (Å²) in [5.41, 5.74) is 3.62. The van der Waals surface area contributed by atoms with Crippen molar-refractivity contribution in [3.8, 4) is 22.8 Å². The molecule has 2 aromatic carbocycles. The van der Waals surface area contributed by atoms with Crippen LogP contribution in [0.4, 0.5) is 4.39 Å². The van der Waals surface area contributed by atoms with Crippen LogP contribution in [0, 0.1) is 5.82 Å². The number of imidazole rings is 1. The normalized spacial score (nSPS) is 11.1. The van der Waals surface area contributed by atoms with Crippen molar-refractivity contribution in [3.63, 3.8) is 0 Å². The van der Waals surface area contributed by atoms with Crippen LogP contribution in [0.25, 0.3) is 27.8 Å². The Bertz CT molecular complexity index is 1370. The molecule has 0 atom stereocenters. The lowest BCUT2D eigenvalue weighted by molar-refractivity contribution is 0.302. The molecule has 30 heavy (non-hydrogen) atoms. The van der Waals surface area contributed by atoms with Gasteiger partial charge in [0.2, 0.25) is 0 Å². The molecule has 0 fully saturated rings. The van der Waals surface area contributed by atoms with Crippen LogP contribution in [0.5, 0.6) is 11.5 Å². The summed E-state index contributed by atoms with van der Waals surface area (Å²) in [6.07, 6.45) is 3.43. The van der Waals surface area contributed by atoms with E-state index in [4.69, 9.17) is 9.47 Å². The third-order valence-corrected chi connectivity index (χ3v) is 4.84. The summed E-state index contributed by atoms with van der Waals surface area (Å²) in [7, 11) is 1.62. The summed E-state index contributed by atoms with van der Waals surface area (Å²) in [5, 5.41) is 5.51. The maximum absolute atomic E-state index is 13.6. The van der Waals surface area contributed by atoms with Crippen LogP contribution in [0.1, 0.15) is 5.69 Å². The Hall–Kier alpha value is -4.00. The summed E-state index contributed by atoms with van der Waals surface area (Å²) in [6, 6.07) is 17.5. The third kappa shape index (κ3) is 3.30. The van der Waals surface area contributed by atoms with Gasteiger partial charge in [-0.3, -0.25) is 4.98 Å². The highest BCUT2D eigenvalue weighted by Crippen LogP contribution is 2.28. The molecule has 0 radical (unpaired) electrons. The predicted molar refractivity (Wildman–Crippen MR) is 111 cm³/mol. The molecule has 148 valence electrons. The Morgan fingerprint density at radius 1 is 1.00 bits per heavy atom. The van der Waals surface area contributed by atoms with Crippen molar-refractivity contribution < 1.29 is 13.9 Å². The molecule has 0 bridgehead atoms. The van der Waals surface area contributed by atoms with Crippen LogP contribution >= 0.6 is 0 Å². The minimum Gasteiger partial charge on any atom is -0.497 e. The lowest BCUT2D eigenvalue weighted by atomic mass is 10.1. The number of rotatable bonds is 5. The fraction of sp³-hybridized carbons (Fsp3) is 0.0870. The molecular weight excluding hydrogens is 383 g/mol. The minimum absolute atomic E-state index is 0.270. The maximum Gasteiger partial charge on any atom is 0.153 e. The summed E-state index contributed by atoms with van der Waals surface area (Å²) >= 11 is 0. The predicted octanol–water partition coefficient (Wildman–Crippen LogP) is 4.67. The molecule has 0 spiro atoms. The van der Waals surface area contributed by atoms with Crippen molar-refractivity contribution in [2.75, 3.05) is 7.11 Å². The average molecular weight is 400 g/mol. The highest BCUT2D eigenvalue weighted by atomic mass is 19.1.